The molecule has 0 bridgehead atoms. The van der Waals surface area contributed by atoms with Crippen LogP contribution in [0.3, 0.4) is 0 Å². The minimum Gasteiger partial charge on any atom is -0.497 e. The van der Waals surface area contributed by atoms with Gasteiger partial charge in [-0.05, 0) is 18.7 Å². The molecule has 1 fully saturated rings. The molecular weight excluding hydrogens is 310 g/mol. The van der Waals surface area contributed by atoms with Gasteiger partial charge in [-0.25, -0.2) is 8.42 Å². The van der Waals surface area contributed by atoms with E-state index in [0.29, 0.717) is 26.2 Å². The lowest BCUT2D eigenvalue weighted by Gasteiger charge is -2.33. The Morgan fingerprint density at radius 2 is 1.91 bits per heavy atom. The SMILES string of the molecule is CCN1CCN(S(=O)(=O)c2ccc(OC)cc2[N+](=O)[O-])CC1. The number of piperazine rings is 1. The van der Waals surface area contributed by atoms with Crippen molar-refractivity contribution in [2.45, 2.75) is 11.8 Å². The molecule has 1 aliphatic rings. The van der Waals surface area contributed by atoms with E-state index < -0.39 is 20.6 Å². The fourth-order valence-corrected chi connectivity index (χ4v) is 3.97. The fourth-order valence-electron chi connectivity index (χ4n) is 2.41. The number of nitro benzene ring substituents is 1. The Morgan fingerprint density at radius 1 is 1.27 bits per heavy atom. The molecule has 0 atom stereocenters. The van der Waals surface area contributed by atoms with E-state index in [1.807, 2.05) is 6.92 Å². The van der Waals surface area contributed by atoms with Crippen LogP contribution in [0, 0.1) is 10.1 Å². The zero-order valence-corrected chi connectivity index (χ0v) is 13.4. The van der Waals surface area contributed by atoms with Gasteiger partial charge < -0.3 is 9.64 Å². The van der Waals surface area contributed by atoms with Crippen LogP contribution in [0.2, 0.25) is 0 Å². The van der Waals surface area contributed by atoms with Gasteiger partial charge in [0.2, 0.25) is 10.0 Å². The van der Waals surface area contributed by atoms with Crippen LogP contribution in [0.15, 0.2) is 23.1 Å². The van der Waals surface area contributed by atoms with Gasteiger partial charge >= 0.3 is 0 Å². The number of likely N-dealkylation sites (N-methyl/N-ethyl adjacent to an activating group) is 1. The second kappa shape index (κ2) is 6.59. The molecule has 0 saturated carbocycles. The first-order chi connectivity index (χ1) is 10.4. The largest absolute Gasteiger partial charge is 0.497 e. The summed E-state index contributed by atoms with van der Waals surface area (Å²) in [5.74, 6) is 0.251. The summed E-state index contributed by atoms with van der Waals surface area (Å²) in [6, 6.07) is 3.79. The molecule has 1 aliphatic heterocycles. The molecule has 0 amide bonds. The van der Waals surface area contributed by atoms with Crippen LogP contribution < -0.4 is 4.74 Å². The van der Waals surface area contributed by atoms with Gasteiger partial charge in [0.05, 0.1) is 18.1 Å². The predicted octanol–water partition coefficient (Wildman–Crippen LogP) is 0.930. The third-order valence-corrected chi connectivity index (χ3v) is 5.71. The molecule has 1 heterocycles. The van der Waals surface area contributed by atoms with Crippen molar-refractivity contribution >= 4 is 15.7 Å². The predicted molar refractivity (Wildman–Crippen MR) is 80.5 cm³/mol. The average Bonchev–Trinajstić information content (AvgIpc) is 2.54. The Kier molecular flexibility index (Phi) is 4.99. The quantitative estimate of drug-likeness (QED) is 0.589. The summed E-state index contributed by atoms with van der Waals surface area (Å²) in [6.07, 6.45) is 0. The summed E-state index contributed by atoms with van der Waals surface area (Å²) in [4.78, 5) is 12.3. The van der Waals surface area contributed by atoms with Crippen molar-refractivity contribution in [2.24, 2.45) is 0 Å². The van der Waals surface area contributed by atoms with E-state index >= 15 is 0 Å². The molecule has 1 saturated heterocycles. The molecule has 1 aromatic carbocycles. The van der Waals surface area contributed by atoms with Gasteiger partial charge in [0, 0.05) is 26.2 Å². The van der Waals surface area contributed by atoms with Gasteiger partial charge in [-0.2, -0.15) is 4.31 Å². The number of hydrogen-bond donors (Lipinski definition) is 0. The molecular formula is C13H19N3O5S. The maximum absolute atomic E-state index is 12.7. The van der Waals surface area contributed by atoms with Crippen LogP contribution in [0.5, 0.6) is 5.75 Å². The highest BCUT2D eigenvalue weighted by molar-refractivity contribution is 7.89. The van der Waals surface area contributed by atoms with E-state index in [1.165, 1.54) is 23.5 Å². The van der Waals surface area contributed by atoms with Crippen molar-refractivity contribution in [3.8, 4) is 5.75 Å². The molecule has 9 heteroatoms. The highest BCUT2D eigenvalue weighted by atomic mass is 32.2. The molecule has 0 N–H and O–H groups in total. The van der Waals surface area contributed by atoms with Gasteiger partial charge in [0.15, 0.2) is 4.90 Å². The summed E-state index contributed by atoms with van der Waals surface area (Å²) in [5, 5.41) is 11.2. The van der Waals surface area contributed by atoms with Crippen molar-refractivity contribution in [1.29, 1.82) is 0 Å². The molecule has 8 nitrogen and oxygen atoms in total. The highest BCUT2D eigenvalue weighted by Crippen LogP contribution is 2.30. The van der Waals surface area contributed by atoms with Crippen LogP contribution in [0.4, 0.5) is 5.69 Å². The average molecular weight is 329 g/mol. The van der Waals surface area contributed by atoms with Gasteiger partial charge in [-0.1, -0.05) is 6.92 Å². The second-order valence-electron chi connectivity index (χ2n) is 4.93. The number of methoxy groups -OCH3 is 1. The Balaban J connectivity index is 2.35. The number of hydrogen-bond acceptors (Lipinski definition) is 6. The zero-order chi connectivity index (χ0) is 16.3. The summed E-state index contributed by atoms with van der Waals surface area (Å²) < 4.78 is 31.6. The summed E-state index contributed by atoms with van der Waals surface area (Å²) >= 11 is 0. The van der Waals surface area contributed by atoms with Crippen molar-refractivity contribution in [3.63, 3.8) is 0 Å². The molecule has 2 rings (SSSR count). The Hall–Kier alpha value is -1.71. The topological polar surface area (TPSA) is 93.0 Å². The normalized spacial score (nSPS) is 17.4. The summed E-state index contributed by atoms with van der Waals surface area (Å²) in [7, 11) is -2.51. The number of nitrogens with zero attached hydrogens (tertiary/aromatic N) is 3. The lowest BCUT2D eigenvalue weighted by atomic mass is 10.3. The third kappa shape index (κ3) is 3.21. The standard InChI is InChI=1S/C13H19N3O5S/c1-3-14-6-8-15(9-7-14)22(19,20)13-5-4-11(21-2)10-12(13)16(17)18/h4-5,10H,3,6-9H2,1-2H3. The fraction of sp³-hybridized carbons (Fsp3) is 0.538. The van der Waals surface area contributed by atoms with Crippen molar-refractivity contribution in [3.05, 3.63) is 28.3 Å². The van der Waals surface area contributed by atoms with Crippen molar-refractivity contribution in [2.75, 3.05) is 39.8 Å². The van der Waals surface area contributed by atoms with E-state index in [4.69, 9.17) is 4.74 Å². The van der Waals surface area contributed by atoms with Crippen LogP contribution in [0.25, 0.3) is 0 Å². The van der Waals surface area contributed by atoms with Gasteiger partial charge in [-0.3, -0.25) is 10.1 Å². The highest BCUT2D eigenvalue weighted by Gasteiger charge is 2.33. The zero-order valence-electron chi connectivity index (χ0n) is 12.6. The van der Waals surface area contributed by atoms with E-state index in [2.05, 4.69) is 4.90 Å². The van der Waals surface area contributed by atoms with Gasteiger partial charge in [0.1, 0.15) is 5.75 Å². The van der Waals surface area contributed by atoms with Crippen LogP contribution in [-0.2, 0) is 10.0 Å². The van der Waals surface area contributed by atoms with E-state index in [-0.39, 0.29) is 10.6 Å². The third-order valence-electron chi connectivity index (χ3n) is 3.76. The Morgan fingerprint density at radius 3 is 2.41 bits per heavy atom. The number of benzene rings is 1. The Labute approximate surface area is 129 Å². The van der Waals surface area contributed by atoms with Gasteiger partial charge in [0.25, 0.3) is 5.69 Å². The van der Waals surface area contributed by atoms with E-state index in [0.717, 1.165) is 12.6 Å². The van der Waals surface area contributed by atoms with E-state index in [1.54, 1.807) is 0 Å². The second-order valence-corrected chi connectivity index (χ2v) is 6.84. The first kappa shape index (κ1) is 16.7. The molecule has 1 aromatic rings. The first-order valence-electron chi connectivity index (χ1n) is 6.95. The lowest BCUT2D eigenvalue weighted by Crippen LogP contribution is -2.48. The lowest BCUT2D eigenvalue weighted by molar-refractivity contribution is -0.387. The van der Waals surface area contributed by atoms with Crippen LogP contribution in [-0.4, -0.2) is 62.4 Å². The van der Waals surface area contributed by atoms with Crippen LogP contribution in [0.1, 0.15) is 6.92 Å². The monoisotopic (exact) mass is 329 g/mol. The summed E-state index contributed by atoms with van der Waals surface area (Å²) in [5.41, 5.74) is -0.461. The molecule has 0 aliphatic carbocycles. The number of rotatable bonds is 5. The number of sulfonamides is 1. The van der Waals surface area contributed by atoms with Gasteiger partial charge in [-0.15, -0.1) is 0 Å². The maximum Gasteiger partial charge on any atom is 0.293 e. The number of ether oxygens (including phenoxy) is 1. The smallest absolute Gasteiger partial charge is 0.293 e. The molecule has 0 aromatic heterocycles. The first-order valence-corrected chi connectivity index (χ1v) is 8.39. The number of nitro groups is 1. The molecule has 0 radical (unpaired) electrons. The molecule has 0 spiro atoms. The molecule has 22 heavy (non-hydrogen) atoms. The van der Waals surface area contributed by atoms with Crippen molar-refractivity contribution in [1.82, 2.24) is 9.21 Å². The van der Waals surface area contributed by atoms with Crippen molar-refractivity contribution < 1.29 is 18.1 Å². The minimum atomic E-state index is -3.88. The van der Waals surface area contributed by atoms with E-state index in [9.17, 15) is 18.5 Å². The van der Waals surface area contributed by atoms with Crippen LogP contribution >= 0.6 is 0 Å². The molecule has 0 unspecified atom stereocenters. The Bertz CT molecular complexity index is 654. The summed E-state index contributed by atoms with van der Waals surface area (Å²) in [6.45, 7) is 4.78. The minimum absolute atomic E-state index is 0.251. The maximum atomic E-state index is 12.7. The molecule has 122 valence electrons.